The van der Waals surface area contributed by atoms with Gasteiger partial charge in [-0.2, -0.15) is 0 Å². The second kappa shape index (κ2) is 4.80. The van der Waals surface area contributed by atoms with Gasteiger partial charge in [-0.15, -0.1) is 0 Å². The highest BCUT2D eigenvalue weighted by Gasteiger charge is 2.09. The molecule has 0 aliphatic carbocycles. The highest BCUT2D eigenvalue weighted by atomic mass is 79.9. The van der Waals surface area contributed by atoms with E-state index in [4.69, 9.17) is 0 Å². The van der Waals surface area contributed by atoms with Crippen LogP contribution in [0.5, 0.6) is 0 Å². The normalized spacial score (nSPS) is 18.0. The van der Waals surface area contributed by atoms with Crippen LogP contribution in [0.3, 0.4) is 0 Å². The minimum absolute atomic E-state index is 0.590. The van der Waals surface area contributed by atoms with Crippen molar-refractivity contribution in [2.24, 2.45) is 5.92 Å². The number of halogens is 2. The zero-order valence-corrected chi connectivity index (χ0v) is 8.37. The zero-order valence-electron chi connectivity index (χ0n) is 5.20. The van der Waals surface area contributed by atoms with Crippen LogP contribution in [0.15, 0.2) is 0 Å². The van der Waals surface area contributed by atoms with Crippen LogP contribution >= 0.6 is 31.9 Å². The molecule has 0 bridgehead atoms. The minimum Gasteiger partial charge on any atom is -0.0925 e. The minimum atomic E-state index is 0.590. The maximum absolute atomic E-state index is 3.50. The fourth-order valence-corrected chi connectivity index (χ4v) is 2.41. The quantitative estimate of drug-likeness (QED) is 0.668. The van der Waals surface area contributed by atoms with Crippen LogP contribution < -0.4 is 0 Å². The van der Waals surface area contributed by atoms with Crippen molar-refractivity contribution >= 4 is 31.9 Å². The molecule has 2 heteroatoms. The van der Waals surface area contributed by atoms with Gasteiger partial charge in [0, 0.05) is 10.2 Å². The van der Waals surface area contributed by atoms with Crippen LogP contribution in [0.4, 0.5) is 0 Å². The highest BCUT2D eigenvalue weighted by Crippen LogP contribution is 2.16. The molecule has 0 aliphatic heterocycles. The van der Waals surface area contributed by atoms with Crippen LogP contribution in [0, 0.1) is 12.3 Å². The van der Waals surface area contributed by atoms with Gasteiger partial charge in [-0.3, -0.25) is 0 Å². The molecule has 0 saturated carbocycles. The average Bonchev–Trinajstić information content (AvgIpc) is 1.69. The molecular weight excluding hydrogens is 232 g/mol. The fourth-order valence-electron chi connectivity index (χ4n) is 0.477. The Hall–Kier alpha value is 0.960. The van der Waals surface area contributed by atoms with Gasteiger partial charge in [0.1, 0.15) is 0 Å². The summed E-state index contributed by atoms with van der Waals surface area (Å²) in [4.78, 5) is 0.590. The Bertz CT molecular complexity index is 48.5. The van der Waals surface area contributed by atoms with Crippen LogP contribution in [0.25, 0.3) is 0 Å². The largest absolute Gasteiger partial charge is 0.0925 e. The molecule has 0 aromatic heterocycles. The Morgan fingerprint density at radius 2 is 2.12 bits per heavy atom. The SMILES string of the molecule is C[CH]C(CBr)C(C)Br. The van der Waals surface area contributed by atoms with Crippen LogP contribution in [-0.4, -0.2) is 10.2 Å². The molecule has 0 N–H and O–H groups in total. The summed E-state index contributed by atoms with van der Waals surface area (Å²) < 4.78 is 0. The van der Waals surface area contributed by atoms with Gasteiger partial charge in [-0.05, 0) is 12.3 Å². The predicted molar refractivity (Wildman–Crippen MR) is 45.6 cm³/mol. The summed E-state index contributed by atoms with van der Waals surface area (Å²) in [5.74, 6) is 0.662. The predicted octanol–water partition coefficient (Wildman–Crippen LogP) is 3.01. The molecule has 2 atom stereocenters. The van der Waals surface area contributed by atoms with E-state index in [1.54, 1.807) is 0 Å². The molecule has 0 spiro atoms. The molecule has 0 aliphatic rings. The molecule has 0 heterocycles. The Morgan fingerprint density at radius 1 is 1.62 bits per heavy atom. The van der Waals surface area contributed by atoms with Crippen molar-refractivity contribution in [3.63, 3.8) is 0 Å². The maximum Gasteiger partial charge on any atom is 0.0156 e. The number of hydrogen-bond acceptors (Lipinski definition) is 0. The van der Waals surface area contributed by atoms with E-state index in [1.165, 1.54) is 0 Å². The first kappa shape index (κ1) is 8.96. The molecular formula is C6H11Br2. The monoisotopic (exact) mass is 241 g/mol. The summed E-state index contributed by atoms with van der Waals surface area (Å²) >= 11 is 6.92. The molecule has 49 valence electrons. The van der Waals surface area contributed by atoms with Gasteiger partial charge in [0.05, 0.1) is 0 Å². The molecule has 0 amide bonds. The van der Waals surface area contributed by atoms with Crippen molar-refractivity contribution in [3.8, 4) is 0 Å². The van der Waals surface area contributed by atoms with Gasteiger partial charge in [-0.25, -0.2) is 0 Å². The van der Waals surface area contributed by atoms with Crippen molar-refractivity contribution in [1.82, 2.24) is 0 Å². The van der Waals surface area contributed by atoms with E-state index < -0.39 is 0 Å². The van der Waals surface area contributed by atoms with Gasteiger partial charge in [0.2, 0.25) is 0 Å². The van der Waals surface area contributed by atoms with E-state index >= 15 is 0 Å². The van der Waals surface area contributed by atoms with Crippen molar-refractivity contribution in [2.75, 3.05) is 5.33 Å². The van der Waals surface area contributed by atoms with Gasteiger partial charge in [0.25, 0.3) is 0 Å². The van der Waals surface area contributed by atoms with Gasteiger partial charge >= 0.3 is 0 Å². The van der Waals surface area contributed by atoms with Crippen molar-refractivity contribution < 1.29 is 0 Å². The second-order valence-corrected chi connectivity index (χ2v) is 3.92. The van der Waals surface area contributed by atoms with E-state index in [-0.39, 0.29) is 0 Å². The summed E-state index contributed by atoms with van der Waals surface area (Å²) in [6.45, 7) is 4.25. The molecule has 0 aromatic rings. The van der Waals surface area contributed by atoms with E-state index in [1.807, 2.05) is 0 Å². The summed E-state index contributed by atoms with van der Waals surface area (Å²) in [5, 5.41) is 1.05. The first-order valence-electron chi connectivity index (χ1n) is 2.72. The van der Waals surface area contributed by atoms with Gasteiger partial charge in [-0.1, -0.05) is 45.7 Å². The molecule has 0 saturated heterocycles. The second-order valence-electron chi connectivity index (χ2n) is 1.83. The lowest BCUT2D eigenvalue weighted by atomic mass is 10.1. The number of hydrogen-bond donors (Lipinski definition) is 0. The molecule has 1 radical (unpaired) electrons. The van der Waals surface area contributed by atoms with E-state index in [9.17, 15) is 0 Å². The average molecular weight is 243 g/mol. The lowest BCUT2D eigenvalue weighted by Gasteiger charge is -2.12. The first-order chi connectivity index (χ1) is 3.72. The van der Waals surface area contributed by atoms with Crippen molar-refractivity contribution in [2.45, 2.75) is 18.7 Å². The van der Waals surface area contributed by atoms with Crippen LogP contribution in [0.1, 0.15) is 13.8 Å². The van der Waals surface area contributed by atoms with Crippen LogP contribution in [0.2, 0.25) is 0 Å². The zero-order chi connectivity index (χ0) is 6.57. The van der Waals surface area contributed by atoms with Crippen molar-refractivity contribution in [3.05, 3.63) is 6.42 Å². The highest BCUT2D eigenvalue weighted by molar-refractivity contribution is 9.10. The molecule has 0 nitrogen and oxygen atoms in total. The summed E-state index contributed by atoms with van der Waals surface area (Å²) in [6, 6.07) is 0. The third kappa shape index (κ3) is 3.08. The van der Waals surface area contributed by atoms with Crippen LogP contribution in [-0.2, 0) is 0 Å². The Kier molecular flexibility index (Phi) is 5.38. The fraction of sp³-hybridized carbons (Fsp3) is 0.833. The number of rotatable bonds is 3. The van der Waals surface area contributed by atoms with E-state index in [0.717, 1.165) is 5.33 Å². The standard InChI is InChI=1S/C6H11Br2/c1-3-6(4-7)5(2)8/h3,5-6H,4H2,1-2H3. The molecule has 0 aromatic carbocycles. The first-order valence-corrected chi connectivity index (χ1v) is 4.75. The smallest absolute Gasteiger partial charge is 0.0156 e. The Morgan fingerprint density at radius 3 is 2.12 bits per heavy atom. The Labute approximate surface area is 68.3 Å². The lowest BCUT2D eigenvalue weighted by Crippen LogP contribution is -2.11. The third-order valence-corrected chi connectivity index (χ3v) is 2.62. The van der Waals surface area contributed by atoms with Crippen molar-refractivity contribution in [1.29, 1.82) is 0 Å². The van der Waals surface area contributed by atoms with Gasteiger partial charge < -0.3 is 0 Å². The third-order valence-electron chi connectivity index (χ3n) is 1.20. The Balaban J connectivity index is 3.35. The number of alkyl halides is 2. The lowest BCUT2D eigenvalue weighted by molar-refractivity contribution is 0.690. The topological polar surface area (TPSA) is 0 Å². The molecule has 0 fully saturated rings. The molecule has 8 heavy (non-hydrogen) atoms. The maximum atomic E-state index is 3.50. The van der Waals surface area contributed by atoms with E-state index in [2.05, 4.69) is 52.1 Å². The summed E-state index contributed by atoms with van der Waals surface area (Å²) in [6.07, 6.45) is 2.20. The molecule has 2 unspecified atom stereocenters. The summed E-state index contributed by atoms with van der Waals surface area (Å²) in [5.41, 5.74) is 0. The molecule has 0 rings (SSSR count). The summed E-state index contributed by atoms with van der Waals surface area (Å²) in [7, 11) is 0. The van der Waals surface area contributed by atoms with E-state index in [0.29, 0.717) is 10.7 Å². The van der Waals surface area contributed by atoms with Gasteiger partial charge in [0.15, 0.2) is 0 Å².